The Labute approximate surface area is 91.9 Å². The molecule has 4 nitrogen and oxygen atoms in total. The number of nitrogens with one attached hydrogen (secondary N) is 1. The van der Waals surface area contributed by atoms with Crippen LogP contribution in [0.15, 0.2) is 33.5 Å². The van der Waals surface area contributed by atoms with Crippen molar-refractivity contribution < 1.29 is 9.52 Å². The van der Waals surface area contributed by atoms with Gasteiger partial charge in [-0.3, -0.25) is 4.79 Å². The van der Waals surface area contributed by atoms with Crippen molar-refractivity contribution in [1.82, 2.24) is 4.98 Å². The van der Waals surface area contributed by atoms with Crippen molar-refractivity contribution in [2.24, 2.45) is 0 Å². The van der Waals surface area contributed by atoms with Crippen LogP contribution in [0.2, 0.25) is 0 Å². The molecule has 2 heterocycles. The van der Waals surface area contributed by atoms with E-state index >= 15 is 0 Å². The van der Waals surface area contributed by atoms with Gasteiger partial charge in [0.2, 0.25) is 0 Å². The van der Waals surface area contributed by atoms with E-state index in [9.17, 15) is 9.90 Å². The minimum atomic E-state index is -0.338. The number of aryl methyl sites for hydroxylation is 1. The summed E-state index contributed by atoms with van der Waals surface area (Å²) in [5.41, 5.74) is 0.189. The lowest BCUT2D eigenvalue weighted by atomic mass is 10.3. The summed E-state index contributed by atoms with van der Waals surface area (Å²) in [6.45, 7) is 1.85. The summed E-state index contributed by atoms with van der Waals surface area (Å²) in [6.07, 6.45) is 3.39. The van der Waals surface area contributed by atoms with E-state index in [1.807, 2.05) is 19.1 Å². The van der Waals surface area contributed by atoms with E-state index in [-0.39, 0.29) is 11.3 Å². The molecule has 4 heteroatoms. The first-order valence-corrected chi connectivity index (χ1v) is 4.81. The van der Waals surface area contributed by atoms with Crippen molar-refractivity contribution in [3.05, 3.63) is 51.8 Å². The van der Waals surface area contributed by atoms with Crippen molar-refractivity contribution in [2.45, 2.75) is 6.92 Å². The van der Waals surface area contributed by atoms with Crippen LogP contribution < -0.4 is 5.56 Å². The molecule has 2 N–H and O–H groups in total. The molecule has 0 amide bonds. The van der Waals surface area contributed by atoms with Gasteiger partial charge >= 0.3 is 0 Å². The fraction of sp³-hybridized carbons (Fsp3) is 0.0833. The Hall–Kier alpha value is -2.23. The number of aromatic nitrogens is 1. The van der Waals surface area contributed by atoms with Crippen molar-refractivity contribution in [3.63, 3.8) is 0 Å². The molecule has 0 atom stereocenters. The fourth-order valence-electron chi connectivity index (χ4n) is 1.35. The van der Waals surface area contributed by atoms with Crippen molar-refractivity contribution in [1.29, 1.82) is 0 Å². The molecular weight excluding hydrogens is 206 g/mol. The first-order valence-electron chi connectivity index (χ1n) is 4.81. The molecule has 0 saturated carbocycles. The largest absolute Gasteiger partial charge is 0.508 e. The molecule has 0 aliphatic rings. The number of furan rings is 1. The van der Waals surface area contributed by atoms with E-state index in [0.717, 1.165) is 11.8 Å². The first-order chi connectivity index (χ1) is 7.63. The molecule has 16 heavy (non-hydrogen) atoms. The third-order valence-corrected chi connectivity index (χ3v) is 2.04. The van der Waals surface area contributed by atoms with Gasteiger partial charge in [0.05, 0.1) is 0 Å². The van der Waals surface area contributed by atoms with Crippen molar-refractivity contribution in [2.75, 3.05) is 0 Å². The van der Waals surface area contributed by atoms with Crippen molar-refractivity contribution in [3.8, 4) is 5.75 Å². The summed E-state index contributed by atoms with van der Waals surface area (Å²) in [5.74, 6) is 1.46. The number of pyridine rings is 1. The highest BCUT2D eigenvalue weighted by molar-refractivity contribution is 5.65. The minimum absolute atomic E-state index is 0.0565. The molecule has 0 aromatic carbocycles. The molecule has 0 aliphatic carbocycles. The monoisotopic (exact) mass is 217 g/mol. The Kier molecular flexibility index (Phi) is 2.64. The summed E-state index contributed by atoms with van der Waals surface area (Å²) >= 11 is 0. The van der Waals surface area contributed by atoms with Crippen molar-refractivity contribution >= 4 is 12.2 Å². The summed E-state index contributed by atoms with van der Waals surface area (Å²) in [6, 6.07) is 6.26. The van der Waals surface area contributed by atoms with Crippen LogP contribution in [0.4, 0.5) is 0 Å². The highest BCUT2D eigenvalue weighted by Crippen LogP contribution is 2.11. The Bertz CT molecular complexity index is 578. The van der Waals surface area contributed by atoms with E-state index in [1.165, 1.54) is 6.07 Å². The maximum Gasteiger partial charge on any atom is 0.252 e. The normalized spacial score (nSPS) is 11.1. The van der Waals surface area contributed by atoms with Gasteiger partial charge in [0.1, 0.15) is 17.3 Å². The van der Waals surface area contributed by atoms with E-state index in [0.29, 0.717) is 11.5 Å². The van der Waals surface area contributed by atoms with E-state index in [4.69, 9.17) is 4.42 Å². The molecule has 0 spiro atoms. The maximum atomic E-state index is 11.1. The molecule has 0 aliphatic heterocycles. The zero-order valence-corrected chi connectivity index (χ0v) is 8.73. The average Bonchev–Trinajstić information content (AvgIpc) is 2.60. The fourth-order valence-corrected chi connectivity index (χ4v) is 1.35. The van der Waals surface area contributed by atoms with Gasteiger partial charge in [0.15, 0.2) is 0 Å². The predicted octanol–water partition coefficient (Wildman–Crippen LogP) is 2.15. The Morgan fingerprint density at radius 3 is 2.75 bits per heavy atom. The van der Waals surface area contributed by atoms with Crippen LogP contribution in [0, 0.1) is 6.92 Å². The number of rotatable bonds is 2. The predicted molar refractivity (Wildman–Crippen MR) is 61.1 cm³/mol. The molecule has 82 valence electrons. The van der Waals surface area contributed by atoms with Gasteiger partial charge in [-0.1, -0.05) is 0 Å². The standard InChI is InChI=1S/C12H11NO3/c1-8-2-4-11(16-8)5-3-9-6-10(14)7-12(15)13-9/h2-7H,1H3,(H2,13,14,15)/b5-3+. The van der Waals surface area contributed by atoms with Gasteiger partial charge in [0.25, 0.3) is 5.56 Å². The van der Waals surface area contributed by atoms with Gasteiger partial charge in [-0.25, -0.2) is 0 Å². The molecule has 2 rings (SSSR count). The van der Waals surface area contributed by atoms with Crippen LogP contribution in [0.5, 0.6) is 5.75 Å². The molecular formula is C12H11NO3. The summed E-state index contributed by atoms with van der Waals surface area (Å²) in [7, 11) is 0. The SMILES string of the molecule is Cc1ccc(/C=C/c2cc(O)cc(=O)[nH]2)o1. The van der Waals surface area contributed by atoms with Crippen LogP contribution in [0.3, 0.4) is 0 Å². The molecule has 2 aromatic heterocycles. The quantitative estimate of drug-likeness (QED) is 0.810. The third kappa shape index (κ3) is 2.42. The van der Waals surface area contributed by atoms with Gasteiger partial charge < -0.3 is 14.5 Å². The summed E-state index contributed by atoms with van der Waals surface area (Å²) in [4.78, 5) is 13.6. The van der Waals surface area contributed by atoms with Crippen LogP contribution in [-0.4, -0.2) is 10.1 Å². The second-order valence-corrected chi connectivity index (χ2v) is 3.44. The van der Waals surface area contributed by atoms with Gasteiger partial charge in [-0.05, 0) is 31.2 Å². The lowest BCUT2D eigenvalue weighted by molar-refractivity contribution is 0.473. The highest BCUT2D eigenvalue weighted by Gasteiger charge is 1.96. The number of H-pyrrole nitrogens is 1. The minimum Gasteiger partial charge on any atom is -0.508 e. The maximum absolute atomic E-state index is 11.1. The topological polar surface area (TPSA) is 66.2 Å². The van der Waals surface area contributed by atoms with Crippen LogP contribution in [-0.2, 0) is 0 Å². The van der Waals surface area contributed by atoms with E-state index in [2.05, 4.69) is 4.98 Å². The van der Waals surface area contributed by atoms with Gasteiger partial charge in [-0.15, -0.1) is 0 Å². The molecule has 2 aromatic rings. The number of hydrogen-bond donors (Lipinski definition) is 2. The second kappa shape index (κ2) is 4.10. The zero-order chi connectivity index (χ0) is 11.5. The second-order valence-electron chi connectivity index (χ2n) is 3.44. The molecule has 0 fully saturated rings. The summed E-state index contributed by atoms with van der Waals surface area (Å²) in [5, 5.41) is 9.22. The highest BCUT2D eigenvalue weighted by atomic mass is 16.3. The Balaban J connectivity index is 2.26. The van der Waals surface area contributed by atoms with E-state index in [1.54, 1.807) is 12.2 Å². The molecule has 0 radical (unpaired) electrons. The molecule has 0 bridgehead atoms. The average molecular weight is 217 g/mol. The van der Waals surface area contributed by atoms with Gasteiger partial charge in [0, 0.05) is 17.8 Å². The lowest BCUT2D eigenvalue weighted by Gasteiger charge is -1.94. The van der Waals surface area contributed by atoms with Gasteiger partial charge in [-0.2, -0.15) is 0 Å². The Morgan fingerprint density at radius 1 is 1.31 bits per heavy atom. The molecule has 0 unspecified atom stereocenters. The van der Waals surface area contributed by atoms with E-state index < -0.39 is 0 Å². The molecule has 0 saturated heterocycles. The van der Waals surface area contributed by atoms with Crippen LogP contribution in [0.1, 0.15) is 17.2 Å². The van der Waals surface area contributed by atoms with Crippen LogP contribution in [0.25, 0.3) is 12.2 Å². The lowest BCUT2D eigenvalue weighted by Crippen LogP contribution is -2.03. The number of aromatic amines is 1. The number of hydrogen-bond acceptors (Lipinski definition) is 3. The smallest absolute Gasteiger partial charge is 0.252 e. The third-order valence-electron chi connectivity index (χ3n) is 2.04. The zero-order valence-electron chi connectivity index (χ0n) is 8.73. The number of aromatic hydroxyl groups is 1. The Morgan fingerprint density at radius 2 is 2.12 bits per heavy atom. The van der Waals surface area contributed by atoms with Crippen LogP contribution >= 0.6 is 0 Å². The summed E-state index contributed by atoms with van der Waals surface area (Å²) < 4.78 is 5.32. The first kappa shape index (κ1) is 10.3.